The van der Waals surface area contributed by atoms with Gasteiger partial charge >= 0.3 is 6.18 Å². The van der Waals surface area contributed by atoms with Crippen molar-refractivity contribution in [2.75, 3.05) is 20.1 Å². The van der Waals surface area contributed by atoms with Crippen LogP contribution >= 0.6 is 0 Å². The Morgan fingerprint density at radius 1 is 1.21 bits per heavy atom. The normalized spacial score (nSPS) is 13.7. The Morgan fingerprint density at radius 2 is 1.71 bits per heavy atom. The van der Waals surface area contributed by atoms with Crippen molar-refractivity contribution in [2.24, 2.45) is 0 Å². The van der Waals surface area contributed by atoms with Crippen molar-refractivity contribution in [1.29, 1.82) is 0 Å². The lowest BCUT2D eigenvalue weighted by Crippen LogP contribution is -2.36. The molecule has 0 rings (SSSR count). The van der Waals surface area contributed by atoms with Crippen LogP contribution in [0.5, 0.6) is 0 Å². The van der Waals surface area contributed by atoms with Crippen molar-refractivity contribution in [2.45, 2.75) is 38.5 Å². The van der Waals surface area contributed by atoms with Crippen LogP contribution in [0.4, 0.5) is 13.2 Å². The second-order valence-electron chi connectivity index (χ2n) is 4.27. The van der Waals surface area contributed by atoms with Gasteiger partial charge in [-0.25, -0.2) is 0 Å². The van der Waals surface area contributed by atoms with Crippen LogP contribution < -0.4 is 0 Å². The van der Waals surface area contributed by atoms with Crippen LogP contribution in [0, 0.1) is 0 Å². The Balaban J connectivity index is 3.60. The maximum atomic E-state index is 11.8. The number of rotatable bonds is 5. The van der Waals surface area contributed by atoms with Crippen LogP contribution in [0.3, 0.4) is 0 Å². The zero-order valence-electron chi connectivity index (χ0n) is 8.86. The van der Waals surface area contributed by atoms with E-state index < -0.39 is 18.2 Å². The van der Waals surface area contributed by atoms with Gasteiger partial charge in [0.1, 0.15) is 0 Å². The van der Waals surface area contributed by atoms with Gasteiger partial charge in [-0.05, 0) is 33.9 Å². The predicted molar refractivity (Wildman–Crippen MR) is 49.1 cm³/mol. The summed E-state index contributed by atoms with van der Waals surface area (Å²) < 4.78 is 35.3. The van der Waals surface area contributed by atoms with Gasteiger partial charge in [-0.15, -0.1) is 0 Å². The quantitative estimate of drug-likeness (QED) is 0.755. The Bertz CT molecular complexity index is 162. The van der Waals surface area contributed by atoms with Crippen LogP contribution in [0.25, 0.3) is 0 Å². The van der Waals surface area contributed by atoms with Crippen molar-refractivity contribution in [3.8, 4) is 0 Å². The fraction of sp³-hybridized carbons (Fsp3) is 1.00. The third kappa shape index (κ3) is 9.80. The Labute approximate surface area is 82.7 Å². The molecule has 0 aliphatic carbocycles. The fourth-order valence-electron chi connectivity index (χ4n) is 1.29. The molecule has 86 valence electrons. The maximum Gasteiger partial charge on any atom is 0.389 e. The molecule has 0 aliphatic heterocycles. The highest BCUT2D eigenvalue weighted by molar-refractivity contribution is 4.69. The molecule has 0 bridgehead atoms. The van der Waals surface area contributed by atoms with E-state index in [0.717, 1.165) is 0 Å². The molecule has 0 aromatic carbocycles. The topological polar surface area (TPSA) is 23.5 Å². The SMILES string of the molecule is CN(CCCC(F)(F)F)CC(C)(C)O. The number of nitrogens with zero attached hydrogens (tertiary/aromatic N) is 1. The van der Waals surface area contributed by atoms with E-state index in [2.05, 4.69) is 0 Å². The van der Waals surface area contributed by atoms with Gasteiger partial charge in [0.05, 0.1) is 5.60 Å². The molecule has 0 saturated heterocycles. The molecule has 0 unspecified atom stereocenters. The first kappa shape index (κ1) is 13.7. The largest absolute Gasteiger partial charge is 0.389 e. The minimum atomic E-state index is -4.07. The van der Waals surface area contributed by atoms with E-state index in [1.165, 1.54) is 0 Å². The van der Waals surface area contributed by atoms with E-state index in [0.29, 0.717) is 13.1 Å². The third-order valence-electron chi connectivity index (χ3n) is 1.66. The first-order valence-corrected chi connectivity index (χ1v) is 4.58. The first-order valence-electron chi connectivity index (χ1n) is 4.58. The molecular weight excluding hydrogens is 195 g/mol. The van der Waals surface area contributed by atoms with Crippen molar-refractivity contribution >= 4 is 0 Å². The maximum absolute atomic E-state index is 11.8. The zero-order valence-corrected chi connectivity index (χ0v) is 8.86. The molecule has 0 aliphatic rings. The summed E-state index contributed by atoms with van der Waals surface area (Å²) in [6, 6.07) is 0. The van der Waals surface area contributed by atoms with E-state index in [-0.39, 0.29) is 6.42 Å². The van der Waals surface area contributed by atoms with Crippen LogP contribution in [0.1, 0.15) is 26.7 Å². The molecule has 1 N–H and O–H groups in total. The molecule has 2 nitrogen and oxygen atoms in total. The van der Waals surface area contributed by atoms with Crippen LogP contribution in [-0.4, -0.2) is 41.9 Å². The number of hydrogen-bond donors (Lipinski definition) is 1. The lowest BCUT2D eigenvalue weighted by Gasteiger charge is -2.25. The van der Waals surface area contributed by atoms with Gasteiger partial charge in [-0.2, -0.15) is 13.2 Å². The number of aliphatic hydroxyl groups is 1. The van der Waals surface area contributed by atoms with Crippen molar-refractivity contribution < 1.29 is 18.3 Å². The third-order valence-corrected chi connectivity index (χ3v) is 1.66. The molecule has 0 aromatic rings. The van der Waals surface area contributed by atoms with Crippen molar-refractivity contribution in [1.82, 2.24) is 4.90 Å². The summed E-state index contributed by atoms with van der Waals surface area (Å²) in [5.41, 5.74) is -0.854. The highest BCUT2D eigenvalue weighted by Crippen LogP contribution is 2.21. The average molecular weight is 213 g/mol. The Morgan fingerprint density at radius 3 is 2.07 bits per heavy atom. The molecule has 0 heterocycles. The van der Waals surface area contributed by atoms with Crippen LogP contribution in [0.15, 0.2) is 0 Å². The van der Waals surface area contributed by atoms with Crippen LogP contribution in [0.2, 0.25) is 0 Å². The second-order valence-corrected chi connectivity index (χ2v) is 4.27. The average Bonchev–Trinajstić information content (AvgIpc) is 1.78. The summed E-state index contributed by atoms with van der Waals surface area (Å²) in [5.74, 6) is 0. The molecule has 0 radical (unpaired) electrons. The molecule has 5 heteroatoms. The molecular formula is C9H18F3NO. The summed E-state index contributed by atoms with van der Waals surface area (Å²) >= 11 is 0. The van der Waals surface area contributed by atoms with Gasteiger partial charge in [0.2, 0.25) is 0 Å². The van der Waals surface area contributed by atoms with Gasteiger partial charge in [0, 0.05) is 13.0 Å². The zero-order chi connectivity index (χ0) is 11.4. The summed E-state index contributed by atoms with van der Waals surface area (Å²) in [7, 11) is 1.70. The molecule has 14 heavy (non-hydrogen) atoms. The summed E-state index contributed by atoms with van der Waals surface area (Å²) in [5, 5.41) is 9.38. The second kappa shape index (κ2) is 4.98. The highest BCUT2D eigenvalue weighted by Gasteiger charge is 2.26. The summed E-state index contributed by atoms with van der Waals surface area (Å²) in [6.45, 7) is 3.99. The van der Waals surface area contributed by atoms with Gasteiger partial charge in [0.25, 0.3) is 0 Å². The minimum Gasteiger partial charge on any atom is -0.389 e. The van der Waals surface area contributed by atoms with Crippen LogP contribution in [-0.2, 0) is 0 Å². The number of hydrogen-bond acceptors (Lipinski definition) is 2. The smallest absolute Gasteiger partial charge is 0.389 e. The highest BCUT2D eigenvalue weighted by atomic mass is 19.4. The van der Waals surface area contributed by atoms with E-state index >= 15 is 0 Å². The lowest BCUT2D eigenvalue weighted by atomic mass is 10.1. The lowest BCUT2D eigenvalue weighted by molar-refractivity contribution is -0.136. The van der Waals surface area contributed by atoms with Gasteiger partial charge in [-0.3, -0.25) is 0 Å². The van der Waals surface area contributed by atoms with Crippen molar-refractivity contribution in [3.63, 3.8) is 0 Å². The molecule has 0 aromatic heterocycles. The molecule has 0 atom stereocenters. The Kier molecular flexibility index (Phi) is 4.88. The first-order chi connectivity index (χ1) is 6.10. The van der Waals surface area contributed by atoms with Gasteiger partial charge in [-0.1, -0.05) is 0 Å². The fourth-order valence-corrected chi connectivity index (χ4v) is 1.29. The van der Waals surface area contributed by atoms with E-state index in [1.807, 2.05) is 0 Å². The summed E-state index contributed by atoms with van der Waals surface area (Å²) in [4.78, 5) is 1.70. The molecule has 0 amide bonds. The monoisotopic (exact) mass is 213 g/mol. The van der Waals surface area contributed by atoms with Gasteiger partial charge < -0.3 is 10.0 Å². The molecule has 0 spiro atoms. The molecule has 0 saturated carbocycles. The van der Waals surface area contributed by atoms with E-state index in [4.69, 9.17) is 0 Å². The van der Waals surface area contributed by atoms with E-state index in [9.17, 15) is 18.3 Å². The Hall–Kier alpha value is -0.290. The minimum absolute atomic E-state index is 0.0794. The standard InChI is InChI=1S/C9H18F3NO/c1-8(2,14)7-13(3)6-4-5-9(10,11)12/h14H,4-7H2,1-3H3. The number of likely N-dealkylation sites (N-methyl/N-ethyl adjacent to an activating group) is 1. The van der Waals surface area contributed by atoms with E-state index in [1.54, 1.807) is 25.8 Å². The number of alkyl halides is 3. The molecule has 0 fully saturated rings. The van der Waals surface area contributed by atoms with Gasteiger partial charge in [0.15, 0.2) is 0 Å². The predicted octanol–water partition coefficient (Wildman–Crippen LogP) is 2.03. The van der Waals surface area contributed by atoms with Crippen molar-refractivity contribution in [3.05, 3.63) is 0 Å². The number of halogens is 3. The summed E-state index contributed by atoms with van der Waals surface area (Å²) in [6.07, 6.45) is -4.76.